The number of pyridine rings is 2. The fraction of sp³-hybridized carbons (Fsp3) is 0.440. The molecule has 206 valence electrons. The number of aromatic nitrogens is 2. The van der Waals surface area contributed by atoms with E-state index in [9.17, 15) is 13.8 Å². The molecule has 0 bridgehead atoms. The van der Waals surface area contributed by atoms with Crippen LogP contribution in [0.3, 0.4) is 0 Å². The summed E-state index contributed by atoms with van der Waals surface area (Å²) in [4.78, 5) is 38.2. The summed E-state index contributed by atoms with van der Waals surface area (Å²) in [5.41, 5.74) is -2.17. The number of hydrogen-bond acceptors (Lipinski definition) is 9. The van der Waals surface area contributed by atoms with Gasteiger partial charge in [-0.05, 0) is 64.8 Å². The topological polar surface area (TPSA) is 162 Å². The van der Waals surface area contributed by atoms with Crippen molar-refractivity contribution in [3.63, 3.8) is 0 Å². The number of carbonyl (C=O) groups is 2. The average molecular weight is 557 g/mol. The predicted molar refractivity (Wildman–Crippen MR) is 142 cm³/mol. The van der Waals surface area contributed by atoms with Gasteiger partial charge in [0.25, 0.3) is 5.91 Å². The van der Waals surface area contributed by atoms with Gasteiger partial charge in [-0.2, -0.15) is 5.26 Å². The Morgan fingerprint density at radius 3 is 2.64 bits per heavy atom. The monoisotopic (exact) mass is 556 g/mol. The summed E-state index contributed by atoms with van der Waals surface area (Å²) in [6.45, 7) is 7.33. The van der Waals surface area contributed by atoms with E-state index in [1.165, 1.54) is 28.7 Å². The van der Waals surface area contributed by atoms with Crippen LogP contribution in [0.25, 0.3) is 0 Å². The minimum atomic E-state index is -3.14. The van der Waals surface area contributed by atoms with Gasteiger partial charge in [-0.15, -0.1) is 0 Å². The summed E-state index contributed by atoms with van der Waals surface area (Å²) >= 11 is 0. The van der Waals surface area contributed by atoms with Gasteiger partial charge in [0.1, 0.15) is 50.1 Å². The van der Waals surface area contributed by atoms with Crippen LogP contribution in [-0.4, -0.2) is 60.9 Å². The highest BCUT2D eigenvalue weighted by Crippen LogP contribution is 2.35. The number of nitriles is 1. The van der Waals surface area contributed by atoms with Crippen molar-refractivity contribution in [2.75, 3.05) is 24.2 Å². The van der Waals surface area contributed by atoms with Crippen LogP contribution in [0.2, 0.25) is 0 Å². The van der Waals surface area contributed by atoms with Gasteiger partial charge in [0.2, 0.25) is 5.96 Å². The first kappa shape index (κ1) is 27.9. The molecule has 4 rings (SSSR count). The second kappa shape index (κ2) is 10.6. The van der Waals surface area contributed by atoms with E-state index in [4.69, 9.17) is 10.00 Å². The van der Waals surface area contributed by atoms with Gasteiger partial charge in [-0.25, -0.2) is 32.7 Å². The predicted octanol–water partition coefficient (Wildman–Crippen LogP) is 3.33. The van der Waals surface area contributed by atoms with Crippen LogP contribution in [-0.2, 0) is 20.2 Å². The molecule has 2 aromatic heterocycles. The molecule has 4 heterocycles. The number of hydrogen-bond donors (Lipinski definition) is 2. The number of nitrogens with one attached hydrogen (secondary N) is 2. The largest absolute Gasteiger partial charge is 0.444 e. The number of rotatable bonds is 3. The second-order valence-corrected chi connectivity index (χ2v) is 12.5. The summed E-state index contributed by atoms with van der Waals surface area (Å²) in [6, 6.07) is 7.14. The maximum Gasteiger partial charge on any atom is 0.414 e. The first-order valence-corrected chi connectivity index (χ1v) is 13.9. The van der Waals surface area contributed by atoms with Gasteiger partial charge in [0.15, 0.2) is 0 Å². The zero-order valence-corrected chi connectivity index (χ0v) is 22.8. The van der Waals surface area contributed by atoms with E-state index in [1.54, 1.807) is 27.7 Å². The maximum atomic E-state index is 15.2. The highest BCUT2D eigenvalue weighted by Gasteiger charge is 2.44. The Hall–Kier alpha value is -4.12. The number of aliphatic imine (C=N–C) groups is 1. The number of alkyl carbamates (subject to hydrolysis) is 1. The molecule has 2 atom stereocenters. The van der Waals surface area contributed by atoms with Crippen molar-refractivity contribution in [1.29, 1.82) is 5.26 Å². The molecule has 2 aromatic rings. The van der Waals surface area contributed by atoms with E-state index in [-0.39, 0.29) is 28.9 Å². The van der Waals surface area contributed by atoms with Gasteiger partial charge in [0.05, 0.1) is 17.9 Å². The molecule has 0 unspecified atom stereocenters. The Labute approximate surface area is 226 Å². The van der Waals surface area contributed by atoms with Crippen molar-refractivity contribution in [2.24, 2.45) is 9.36 Å². The number of anilines is 1. The molecule has 2 aliphatic heterocycles. The van der Waals surface area contributed by atoms with E-state index in [0.29, 0.717) is 31.5 Å². The number of guanidine groups is 1. The first-order valence-electron chi connectivity index (χ1n) is 12.2. The smallest absolute Gasteiger partial charge is 0.414 e. The molecule has 2 aliphatic rings. The molecule has 2 amide bonds. The number of amides is 2. The number of fused-ring (bicyclic) bond motifs is 1. The minimum Gasteiger partial charge on any atom is -0.444 e. The van der Waals surface area contributed by atoms with E-state index < -0.39 is 38.9 Å². The number of ether oxygens (including phenoxy) is 1. The fourth-order valence-corrected chi connectivity index (χ4v) is 6.62. The van der Waals surface area contributed by atoms with E-state index in [2.05, 4.69) is 30.0 Å². The summed E-state index contributed by atoms with van der Waals surface area (Å²) in [6.07, 6.45) is 1.82. The lowest BCUT2D eigenvalue weighted by Crippen LogP contribution is -2.55. The molecule has 0 aliphatic carbocycles. The third-order valence-corrected chi connectivity index (χ3v) is 8.37. The van der Waals surface area contributed by atoms with Crippen LogP contribution in [0.1, 0.15) is 62.3 Å². The Morgan fingerprint density at radius 2 is 1.97 bits per heavy atom. The molecule has 14 heteroatoms. The lowest BCUT2D eigenvalue weighted by molar-refractivity contribution is 0.0558. The molecule has 0 aromatic carbocycles. The van der Waals surface area contributed by atoms with Crippen LogP contribution < -0.4 is 10.6 Å². The van der Waals surface area contributed by atoms with Gasteiger partial charge >= 0.3 is 6.09 Å². The molecule has 0 fully saturated rings. The molecule has 0 radical (unpaired) electrons. The number of nitrogens with zero attached hydrogens (tertiary/aromatic N) is 6. The van der Waals surface area contributed by atoms with Crippen molar-refractivity contribution < 1.29 is 22.9 Å². The average Bonchev–Trinajstić information content (AvgIpc) is 3.05. The number of carbonyl (C=O) groups excluding carboxylic acids is 2. The van der Waals surface area contributed by atoms with Gasteiger partial charge in [-0.1, -0.05) is 0 Å². The second-order valence-electron chi connectivity index (χ2n) is 10.3. The molecule has 39 heavy (non-hydrogen) atoms. The lowest BCUT2D eigenvalue weighted by atomic mass is 10.00. The highest BCUT2D eigenvalue weighted by atomic mass is 32.2. The Morgan fingerprint density at radius 1 is 1.21 bits per heavy atom. The lowest BCUT2D eigenvalue weighted by Gasteiger charge is -2.39. The van der Waals surface area contributed by atoms with Crippen LogP contribution in [0.5, 0.6) is 0 Å². The van der Waals surface area contributed by atoms with Gasteiger partial charge in [0, 0.05) is 12.7 Å². The SMILES string of the molecule is CC(C)(C)OC(=O)NC1=N[C@](C)(c2nc(NC(=O)c3ccc(C#N)cn3)ccc2F)C[S@]2(=O)=NCCCCN12. The summed E-state index contributed by atoms with van der Waals surface area (Å²) < 4.78 is 40.6. The van der Waals surface area contributed by atoms with Crippen LogP contribution in [0, 0.1) is 17.1 Å². The third kappa shape index (κ3) is 6.31. The molecule has 0 saturated carbocycles. The van der Waals surface area contributed by atoms with Gasteiger partial charge < -0.3 is 10.1 Å². The maximum absolute atomic E-state index is 15.2. The van der Waals surface area contributed by atoms with E-state index in [1.807, 2.05) is 6.07 Å². The Kier molecular flexibility index (Phi) is 7.56. The normalized spacial score (nSPS) is 22.8. The third-order valence-electron chi connectivity index (χ3n) is 5.80. The quantitative estimate of drug-likeness (QED) is 0.586. The highest BCUT2D eigenvalue weighted by molar-refractivity contribution is 7.92. The van der Waals surface area contributed by atoms with Crippen LogP contribution in [0.4, 0.5) is 15.0 Å². The zero-order valence-electron chi connectivity index (χ0n) is 22.0. The summed E-state index contributed by atoms with van der Waals surface area (Å²) in [5.74, 6) is -1.58. The Bertz CT molecular complexity index is 1490. The molecular weight excluding hydrogens is 527 g/mol. The van der Waals surface area contributed by atoms with E-state index >= 15 is 4.39 Å². The Balaban J connectivity index is 1.71. The summed E-state index contributed by atoms with van der Waals surface area (Å²) in [7, 11) is -3.14. The van der Waals surface area contributed by atoms with E-state index in [0.717, 1.165) is 6.07 Å². The zero-order chi connectivity index (χ0) is 28.4. The molecular formula is C25H29FN8O4S. The van der Waals surface area contributed by atoms with Crippen molar-refractivity contribution in [3.05, 3.63) is 53.2 Å². The summed E-state index contributed by atoms with van der Waals surface area (Å²) in [5, 5.41) is 14.1. The van der Waals surface area contributed by atoms with Crippen molar-refractivity contribution in [3.8, 4) is 6.07 Å². The molecule has 0 saturated heterocycles. The van der Waals surface area contributed by atoms with Crippen LogP contribution >= 0.6 is 0 Å². The molecule has 2 N–H and O–H groups in total. The van der Waals surface area contributed by atoms with Crippen molar-refractivity contribution in [2.45, 2.75) is 51.7 Å². The minimum absolute atomic E-state index is 0.0100. The first-order chi connectivity index (χ1) is 18.3. The van der Waals surface area contributed by atoms with Crippen molar-refractivity contribution in [1.82, 2.24) is 19.6 Å². The fourth-order valence-electron chi connectivity index (χ4n) is 4.11. The molecule has 0 spiro atoms. The van der Waals surface area contributed by atoms with Crippen LogP contribution in [0.15, 0.2) is 39.8 Å². The van der Waals surface area contributed by atoms with Gasteiger partial charge in [-0.3, -0.25) is 14.4 Å². The van der Waals surface area contributed by atoms with Crippen molar-refractivity contribution >= 4 is 33.7 Å². The standard InChI is InChI=1S/C25H29FN8O4S/c1-24(2,3)38-23(36)32-22-33-25(4,15-39(37)29-11-5-6-12-34(22)39)20-17(26)8-10-19(30-20)31-21(35)18-9-7-16(13-27)14-28-18/h7-10,14H,5-6,11-12,15H2,1-4H3,(H,30,31,35)(H,32,33,36)/t25-,39-/m0/s1. The number of halogens is 1. The molecule has 12 nitrogen and oxygen atoms in total.